The lowest BCUT2D eigenvalue weighted by molar-refractivity contribution is 0.590. The van der Waals surface area contributed by atoms with Crippen molar-refractivity contribution in [2.45, 2.75) is 32.7 Å². The molecule has 1 aromatic heterocycles. The van der Waals surface area contributed by atoms with E-state index in [4.69, 9.17) is 5.26 Å². The predicted octanol–water partition coefficient (Wildman–Crippen LogP) is 3.87. The Hall–Kier alpha value is -2.60. The van der Waals surface area contributed by atoms with Gasteiger partial charge in [0.25, 0.3) is 5.56 Å². The zero-order valence-electron chi connectivity index (χ0n) is 13.3. The Morgan fingerprint density at radius 2 is 1.82 bits per heavy atom. The highest BCUT2D eigenvalue weighted by molar-refractivity contribution is 5.61. The van der Waals surface area contributed by atoms with Gasteiger partial charge in [-0.3, -0.25) is 4.79 Å². The van der Waals surface area contributed by atoms with Crippen molar-refractivity contribution in [3.63, 3.8) is 0 Å². The molecule has 0 radical (unpaired) electrons. The van der Waals surface area contributed by atoms with Gasteiger partial charge in [0, 0.05) is 6.54 Å². The van der Waals surface area contributed by atoms with Crippen molar-refractivity contribution in [3.8, 4) is 17.3 Å². The summed E-state index contributed by atoms with van der Waals surface area (Å²) < 4.78 is 1.58. The number of nitriles is 1. The second kappa shape index (κ2) is 6.03. The van der Waals surface area contributed by atoms with Crippen LogP contribution in [0.25, 0.3) is 11.3 Å². The molecule has 0 bridgehead atoms. The number of hydrogen-bond donors (Lipinski definition) is 0. The standard InChI is InChI=1S/C19H20N2O/c1-5-12-21-17(11-8-15(13-20)18(21)22)14-6-9-16(10-7-14)19(2,3)4/h5-11H,1,12H2,2-4H3. The molecule has 0 aliphatic heterocycles. The van der Waals surface area contributed by atoms with Crippen LogP contribution in [0.15, 0.2) is 53.8 Å². The highest BCUT2D eigenvalue weighted by Crippen LogP contribution is 2.25. The summed E-state index contributed by atoms with van der Waals surface area (Å²) in [5.41, 5.74) is 2.95. The van der Waals surface area contributed by atoms with Crippen LogP contribution in [-0.2, 0) is 12.0 Å². The van der Waals surface area contributed by atoms with Crippen LogP contribution in [0, 0.1) is 11.3 Å². The minimum absolute atomic E-state index is 0.0873. The lowest BCUT2D eigenvalue weighted by Gasteiger charge is -2.19. The van der Waals surface area contributed by atoms with Crippen LogP contribution in [0.2, 0.25) is 0 Å². The molecule has 0 N–H and O–H groups in total. The maximum Gasteiger partial charge on any atom is 0.269 e. The van der Waals surface area contributed by atoms with E-state index in [1.807, 2.05) is 24.3 Å². The van der Waals surface area contributed by atoms with Crippen molar-refractivity contribution in [1.29, 1.82) is 5.26 Å². The molecule has 0 fully saturated rings. The maximum absolute atomic E-state index is 12.3. The Morgan fingerprint density at radius 1 is 1.18 bits per heavy atom. The molecule has 112 valence electrons. The molecule has 0 atom stereocenters. The molecule has 0 aliphatic carbocycles. The van der Waals surface area contributed by atoms with Crippen molar-refractivity contribution in [2.75, 3.05) is 0 Å². The molecular weight excluding hydrogens is 272 g/mol. The van der Waals surface area contributed by atoms with E-state index in [1.165, 1.54) is 5.56 Å². The Morgan fingerprint density at radius 3 is 2.32 bits per heavy atom. The van der Waals surface area contributed by atoms with Crippen molar-refractivity contribution in [3.05, 3.63) is 70.5 Å². The number of pyridine rings is 1. The molecule has 0 saturated carbocycles. The van der Waals surface area contributed by atoms with Crippen LogP contribution >= 0.6 is 0 Å². The highest BCUT2D eigenvalue weighted by atomic mass is 16.1. The summed E-state index contributed by atoms with van der Waals surface area (Å²) in [7, 11) is 0. The Kier molecular flexibility index (Phi) is 4.32. The summed E-state index contributed by atoms with van der Waals surface area (Å²) in [6, 6.07) is 13.5. The maximum atomic E-state index is 12.3. The van der Waals surface area contributed by atoms with Gasteiger partial charge in [-0.25, -0.2) is 0 Å². The molecule has 0 spiro atoms. The minimum atomic E-state index is -0.278. The van der Waals surface area contributed by atoms with Gasteiger partial charge in [0.1, 0.15) is 11.6 Å². The van der Waals surface area contributed by atoms with Gasteiger partial charge in [0.2, 0.25) is 0 Å². The van der Waals surface area contributed by atoms with Crippen molar-refractivity contribution in [2.24, 2.45) is 0 Å². The third-order valence-corrected chi connectivity index (χ3v) is 3.65. The number of hydrogen-bond acceptors (Lipinski definition) is 2. The molecule has 0 amide bonds. The minimum Gasteiger partial charge on any atom is -0.303 e. The SMILES string of the molecule is C=CCn1c(-c2ccc(C(C)(C)C)cc2)ccc(C#N)c1=O. The second-order valence-corrected chi connectivity index (χ2v) is 6.28. The third kappa shape index (κ3) is 3.01. The molecule has 22 heavy (non-hydrogen) atoms. The summed E-state index contributed by atoms with van der Waals surface area (Å²) in [6.45, 7) is 10.6. The van der Waals surface area contributed by atoms with E-state index in [0.717, 1.165) is 11.3 Å². The fraction of sp³-hybridized carbons (Fsp3) is 0.263. The van der Waals surface area contributed by atoms with E-state index in [-0.39, 0.29) is 16.5 Å². The fourth-order valence-corrected chi connectivity index (χ4v) is 2.37. The molecule has 1 heterocycles. The average Bonchev–Trinajstić information content (AvgIpc) is 2.49. The lowest BCUT2D eigenvalue weighted by atomic mass is 9.86. The molecule has 3 heteroatoms. The predicted molar refractivity (Wildman–Crippen MR) is 89.8 cm³/mol. The Labute approximate surface area is 131 Å². The first-order valence-corrected chi connectivity index (χ1v) is 7.24. The van der Waals surface area contributed by atoms with Crippen LogP contribution < -0.4 is 5.56 Å². The summed E-state index contributed by atoms with van der Waals surface area (Å²) in [4.78, 5) is 12.3. The van der Waals surface area contributed by atoms with Gasteiger partial charge in [-0.05, 0) is 28.7 Å². The summed E-state index contributed by atoms with van der Waals surface area (Å²) >= 11 is 0. The van der Waals surface area contributed by atoms with Crippen LogP contribution in [-0.4, -0.2) is 4.57 Å². The first-order valence-electron chi connectivity index (χ1n) is 7.24. The van der Waals surface area contributed by atoms with Crippen LogP contribution in [0.3, 0.4) is 0 Å². The number of benzene rings is 1. The van der Waals surface area contributed by atoms with E-state index in [0.29, 0.717) is 6.54 Å². The number of nitrogens with zero attached hydrogens (tertiary/aromatic N) is 2. The van der Waals surface area contributed by atoms with E-state index >= 15 is 0 Å². The quantitative estimate of drug-likeness (QED) is 0.806. The van der Waals surface area contributed by atoms with Gasteiger partial charge in [0.05, 0.1) is 5.69 Å². The lowest BCUT2D eigenvalue weighted by Crippen LogP contribution is -2.23. The van der Waals surface area contributed by atoms with E-state index < -0.39 is 0 Å². The monoisotopic (exact) mass is 292 g/mol. The zero-order chi connectivity index (χ0) is 16.3. The van der Waals surface area contributed by atoms with Gasteiger partial charge in [-0.2, -0.15) is 5.26 Å². The van der Waals surface area contributed by atoms with E-state index in [9.17, 15) is 4.79 Å². The molecule has 2 aromatic rings. The normalized spacial score (nSPS) is 11.0. The highest BCUT2D eigenvalue weighted by Gasteiger charge is 2.14. The zero-order valence-corrected chi connectivity index (χ0v) is 13.3. The number of allylic oxidation sites excluding steroid dienone is 1. The van der Waals surface area contributed by atoms with Gasteiger partial charge in [-0.1, -0.05) is 51.1 Å². The summed E-state index contributed by atoms with van der Waals surface area (Å²) in [5, 5.41) is 9.01. The average molecular weight is 292 g/mol. The molecule has 0 unspecified atom stereocenters. The first kappa shape index (κ1) is 15.8. The van der Waals surface area contributed by atoms with Crippen molar-refractivity contribution in [1.82, 2.24) is 4.57 Å². The summed E-state index contributed by atoms with van der Waals surface area (Å²) in [5.74, 6) is 0. The van der Waals surface area contributed by atoms with E-state index in [1.54, 1.807) is 16.7 Å². The fourth-order valence-electron chi connectivity index (χ4n) is 2.37. The van der Waals surface area contributed by atoms with Gasteiger partial charge in [-0.15, -0.1) is 6.58 Å². The molecular formula is C19H20N2O. The molecule has 2 rings (SSSR count). The van der Waals surface area contributed by atoms with Gasteiger partial charge >= 0.3 is 0 Å². The van der Waals surface area contributed by atoms with Crippen molar-refractivity contribution < 1.29 is 0 Å². The first-order chi connectivity index (χ1) is 10.4. The van der Waals surface area contributed by atoms with Gasteiger partial charge < -0.3 is 4.57 Å². The van der Waals surface area contributed by atoms with Crippen LogP contribution in [0.5, 0.6) is 0 Å². The summed E-state index contributed by atoms with van der Waals surface area (Å²) in [6.07, 6.45) is 1.66. The Balaban J connectivity index is 2.58. The molecule has 0 aliphatic rings. The largest absolute Gasteiger partial charge is 0.303 e. The third-order valence-electron chi connectivity index (χ3n) is 3.65. The topological polar surface area (TPSA) is 45.8 Å². The second-order valence-electron chi connectivity index (χ2n) is 6.28. The molecule has 3 nitrogen and oxygen atoms in total. The molecule has 1 aromatic carbocycles. The number of rotatable bonds is 3. The van der Waals surface area contributed by atoms with Gasteiger partial charge in [0.15, 0.2) is 0 Å². The Bertz CT molecular complexity index is 784. The van der Waals surface area contributed by atoms with Crippen LogP contribution in [0.1, 0.15) is 31.9 Å². The van der Waals surface area contributed by atoms with Crippen LogP contribution in [0.4, 0.5) is 0 Å². The van der Waals surface area contributed by atoms with E-state index in [2.05, 4.69) is 39.5 Å². The smallest absolute Gasteiger partial charge is 0.269 e. The van der Waals surface area contributed by atoms with Crippen molar-refractivity contribution >= 4 is 0 Å². The number of aromatic nitrogens is 1. The molecule has 0 saturated heterocycles.